The van der Waals surface area contributed by atoms with Gasteiger partial charge in [-0.25, -0.2) is 0 Å². The smallest absolute Gasteiger partial charge is 0.352 e. The highest BCUT2D eigenvalue weighted by Crippen LogP contribution is 2.63. The van der Waals surface area contributed by atoms with Crippen LogP contribution in [0.3, 0.4) is 0 Å². The molecule has 31 heavy (non-hydrogen) atoms. The van der Waals surface area contributed by atoms with Gasteiger partial charge in [-0.3, -0.25) is 0 Å². The monoisotopic (exact) mass is 515 g/mol. The summed E-state index contributed by atoms with van der Waals surface area (Å²) in [4.78, 5) is 0. The zero-order valence-electron chi connectivity index (χ0n) is 13.1. The van der Waals surface area contributed by atoms with Crippen LogP contribution in [-0.4, -0.2) is 63.6 Å². The highest BCUT2D eigenvalue weighted by atomic mass is 19.4. The van der Waals surface area contributed by atoms with Crippen LogP contribution in [0.5, 0.6) is 0 Å². The molecule has 0 heterocycles. The first kappa shape index (κ1) is 29.6. The Morgan fingerprint density at radius 3 is 0.903 bits per heavy atom. The number of hydrogen-bond acceptors (Lipinski definition) is 2. The van der Waals surface area contributed by atoms with Crippen molar-refractivity contribution in [3.8, 4) is 0 Å². The molecule has 0 aromatic carbocycles. The lowest BCUT2D eigenvalue weighted by atomic mass is 9.86. The highest BCUT2D eigenvalue weighted by Gasteiger charge is 2.95. The highest BCUT2D eigenvalue weighted by molar-refractivity contribution is 5.17. The zero-order valence-corrected chi connectivity index (χ0v) is 13.1. The van der Waals surface area contributed by atoms with Crippen LogP contribution in [0.1, 0.15) is 0 Å². The molecule has 0 saturated carbocycles. The molecule has 0 aliphatic heterocycles. The van der Waals surface area contributed by atoms with E-state index in [-0.39, 0.29) is 0 Å². The third-order valence-corrected chi connectivity index (χ3v) is 3.44. The van der Waals surface area contributed by atoms with Gasteiger partial charge in [0, 0.05) is 0 Å². The van der Waals surface area contributed by atoms with Crippen molar-refractivity contribution in [1.29, 1.82) is 0 Å². The van der Waals surface area contributed by atoms with Crippen molar-refractivity contribution < 1.29 is 93.6 Å². The molecule has 0 spiro atoms. The Morgan fingerprint density at radius 1 is 0.387 bits per heavy atom. The van der Waals surface area contributed by atoms with Crippen LogP contribution in [0, 0.1) is 6.43 Å². The summed E-state index contributed by atoms with van der Waals surface area (Å²) in [6.07, 6.45) is -13.0. The summed E-state index contributed by atoms with van der Waals surface area (Å²) in [5.74, 6) is -67.0. The van der Waals surface area contributed by atoms with Crippen molar-refractivity contribution in [2.75, 3.05) is 0 Å². The minimum Gasteiger partial charge on any atom is -0.352 e. The molecular weight excluding hydrogens is 513 g/mol. The molecule has 2 N–H and O–H groups in total. The SMILES string of the molecule is OC(F)(C(F)(F)[C](F)F)C(F)(F)C(F)(F)C(O)(F)C(F)(F)C(F)(F)C(F)(F)C(F)(F)F. The summed E-state index contributed by atoms with van der Waals surface area (Å²) >= 11 is 0. The van der Waals surface area contributed by atoms with Crippen molar-refractivity contribution in [3.05, 3.63) is 6.43 Å². The van der Waals surface area contributed by atoms with Crippen molar-refractivity contribution in [1.82, 2.24) is 0 Å². The minimum atomic E-state index is -8.75. The fraction of sp³-hybridized carbons (Fsp3) is 0.900. The molecule has 0 aromatic heterocycles. The van der Waals surface area contributed by atoms with Crippen LogP contribution in [0.4, 0.5) is 83.4 Å². The number of halogens is 19. The Morgan fingerprint density at radius 2 is 0.645 bits per heavy atom. The van der Waals surface area contributed by atoms with Crippen LogP contribution in [-0.2, 0) is 0 Å². The van der Waals surface area contributed by atoms with Crippen molar-refractivity contribution >= 4 is 0 Å². The summed E-state index contributed by atoms with van der Waals surface area (Å²) in [5, 5.41) is 16.1. The lowest BCUT2D eigenvalue weighted by Crippen LogP contribution is -2.78. The second-order valence-corrected chi connectivity index (χ2v) is 5.45. The van der Waals surface area contributed by atoms with Crippen molar-refractivity contribution in [2.45, 2.75) is 53.4 Å². The number of hydrogen-bond donors (Lipinski definition) is 2. The molecule has 0 rings (SSSR count). The standard InChI is InChI=1S/C10H2F19O2/c11-1(12)2(13,14)8(25,30)5(19,20)6(21,22)9(26,31)4(17,18)3(15,16)7(23,24)10(27,28)29/h30-31H. The van der Waals surface area contributed by atoms with Gasteiger partial charge in [-0.1, -0.05) is 0 Å². The molecule has 21 heteroatoms. The second kappa shape index (κ2) is 7.04. The van der Waals surface area contributed by atoms with E-state index in [0.29, 0.717) is 0 Å². The Hall–Kier alpha value is -1.41. The summed E-state index contributed by atoms with van der Waals surface area (Å²) in [5.41, 5.74) is 0. The van der Waals surface area contributed by atoms with E-state index in [0.717, 1.165) is 0 Å². The largest absolute Gasteiger partial charge is 0.460 e. The zero-order chi connectivity index (χ0) is 26.1. The molecule has 0 aliphatic carbocycles. The Balaban J connectivity index is 6.91. The van der Waals surface area contributed by atoms with Gasteiger partial charge in [-0.05, 0) is 0 Å². The maximum absolute atomic E-state index is 13.4. The first-order chi connectivity index (χ1) is 12.9. The first-order valence-electron chi connectivity index (χ1n) is 6.29. The van der Waals surface area contributed by atoms with E-state index < -0.39 is 59.8 Å². The Labute approximate surface area is 155 Å². The van der Waals surface area contributed by atoms with Crippen molar-refractivity contribution in [3.63, 3.8) is 0 Å². The molecule has 0 amide bonds. The van der Waals surface area contributed by atoms with Crippen LogP contribution in [0.15, 0.2) is 0 Å². The molecule has 0 aromatic rings. The van der Waals surface area contributed by atoms with Crippen LogP contribution in [0.25, 0.3) is 0 Å². The molecular formula is C10H2F19O2. The summed E-state index contributed by atoms with van der Waals surface area (Å²) in [6, 6.07) is 0. The predicted octanol–water partition coefficient (Wildman–Crippen LogP) is 5.11. The predicted molar refractivity (Wildman–Crippen MR) is 53.3 cm³/mol. The molecule has 1 radical (unpaired) electrons. The van der Waals surface area contributed by atoms with E-state index in [4.69, 9.17) is 10.2 Å². The molecule has 2 nitrogen and oxygen atoms in total. The Bertz CT molecular complexity index is 659. The van der Waals surface area contributed by atoms with Crippen LogP contribution >= 0.6 is 0 Å². The molecule has 2 unspecified atom stereocenters. The fourth-order valence-electron chi connectivity index (χ4n) is 1.52. The number of rotatable bonds is 8. The van der Waals surface area contributed by atoms with Gasteiger partial charge in [0.25, 0.3) is 0 Å². The van der Waals surface area contributed by atoms with E-state index >= 15 is 0 Å². The summed E-state index contributed by atoms with van der Waals surface area (Å²) in [6.45, 7) is 0. The maximum Gasteiger partial charge on any atom is 0.460 e. The van der Waals surface area contributed by atoms with Gasteiger partial charge in [0.15, 0.2) is 0 Å². The van der Waals surface area contributed by atoms with Crippen LogP contribution < -0.4 is 0 Å². The normalized spacial score (nSPS) is 19.9. The quantitative estimate of drug-likeness (QED) is 0.442. The van der Waals surface area contributed by atoms with Gasteiger partial charge in [0.1, 0.15) is 0 Å². The lowest BCUT2D eigenvalue weighted by Gasteiger charge is -2.45. The number of alkyl halides is 17. The Kier molecular flexibility index (Phi) is 6.72. The van der Waals surface area contributed by atoms with Gasteiger partial charge in [-0.15, -0.1) is 0 Å². The molecule has 2 atom stereocenters. The topological polar surface area (TPSA) is 40.5 Å². The third kappa shape index (κ3) is 3.45. The van der Waals surface area contributed by atoms with Gasteiger partial charge in [0.05, 0.1) is 0 Å². The van der Waals surface area contributed by atoms with Crippen molar-refractivity contribution in [2.24, 2.45) is 0 Å². The van der Waals surface area contributed by atoms with Gasteiger partial charge < -0.3 is 10.2 Å². The first-order valence-corrected chi connectivity index (χ1v) is 6.29. The van der Waals surface area contributed by atoms with E-state index in [2.05, 4.69) is 0 Å². The average molecular weight is 515 g/mol. The molecule has 187 valence electrons. The maximum atomic E-state index is 13.4. The molecule has 0 bridgehead atoms. The van der Waals surface area contributed by atoms with Gasteiger partial charge in [0.2, 0.25) is 0 Å². The van der Waals surface area contributed by atoms with Gasteiger partial charge in [-0.2, -0.15) is 83.4 Å². The fourth-order valence-corrected chi connectivity index (χ4v) is 1.52. The summed E-state index contributed by atoms with van der Waals surface area (Å²) in [7, 11) is 0. The molecule has 0 saturated heterocycles. The molecule has 0 aliphatic rings. The van der Waals surface area contributed by atoms with E-state index in [1.165, 1.54) is 0 Å². The summed E-state index contributed by atoms with van der Waals surface area (Å²) < 4.78 is 241. The van der Waals surface area contributed by atoms with E-state index in [9.17, 15) is 83.4 Å². The van der Waals surface area contributed by atoms with E-state index in [1.807, 2.05) is 0 Å². The minimum absolute atomic E-state index is 5.06. The average Bonchev–Trinajstić information content (AvgIpc) is 2.52. The van der Waals surface area contributed by atoms with Crippen LogP contribution in [0.2, 0.25) is 0 Å². The van der Waals surface area contributed by atoms with Gasteiger partial charge >= 0.3 is 59.8 Å². The lowest BCUT2D eigenvalue weighted by molar-refractivity contribution is -0.488. The molecule has 0 fully saturated rings. The van der Waals surface area contributed by atoms with E-state index in [1.54, 1.807) is 0 Å². The second-order valence-electron chi connectivity index (χ2n) is 5.45. The number of aliphatic hydroxyl groups is 2. The third-order valence-electron chi connectivity index (χ3n) is 3.44.